The summed E-state index contributed by atoms with van der Waals surface area (Å²) in [4.78, 5) is 52.1. The fourth-order valence-corrected chi connectivity index (χ4v) is 4.21. The second-order valence-corrected chi connectivity index (χ2v) is 8.88. The SMILES string of the molecule is CC(=O)Nc1nc(C)c(C)c(-c2cc(/C=C3\C(=O)N(c4ccc([N+](=O)[O-])cc4)N=C3C)ccc2O)c1C(N)=O. The number of nitrogens with two attached hydrogens (primary N) is 1. The lowest BCUT2D eigenvalue weighted by Gasteiger charge is -2.18. The molecule has 0 fully saturated rings. The number of benzene rings is 2. The number of non-ortho nitro benzene ring substituents is 1. The van der Waals surface area contributed by atoms with Gasteiger partial charge in [-0.05, 0) is 62.2 Å². The van der Waals surface area contributed by atoms with Gasteiger partial charge in [0.15, 0.2) is 0 Å². The van der Waals surface area contributed by atoms with Crippen LogP contribution in [0.2, 0.25) is 0 Å². The summed E-state index contributed by atoms with van der Waals surface area (Å²) in [6, 6.07) is 10.0. The molecule has 198 valence electrons. The van der Waals surface area contributed by atoms with Crippen molar-refractivity contribution in [3.63, 3.8) is 0 Å². The Morgan fingerprint density at radius 1 is 1.13 bits per heavy atom. The highest BCUT2D eigenvalue weighted by atomic mass is 16.6. The number of aromatic hydroxyl groups is 1. The molecule has 3 amide bonds. The summed E-state index contributed by atoms with van der Waals surface area (Å²) >= 11 is 0. The molecule has 4 N–H and O–H groups in total. The van der Waals surface area contributed by atoms with Gasteiger partial charge in [-0.1, -0.05) is 6.07 Å². The van der Waals surface area contributed by atoms with Crippen molar-refractivity contribution in [3.05, 3.63) is 80.5 Å². The molecule has 0 unspecified atom stereocenters. The van der Waals surface area contributed by atoms with Gasteiger partial charge in [-0.2, -0.15) is 10.1 Å². The van der Waals surface area contributed by atoms with Crippen LogP contribution in [0.3, 0.4) is 0 Å². The van der Waals surface area contributed by atoms with E-state index in [1.54, 1.807) is 39.0 Å². The lowest BCUT2D eigenvalue weighted by molar-refractivity contribution is -0.384. The van der Waals surface area contributed by atoms with Crippen molar-refractivity contribution in [2.75, 3.05) is 10.3 Å². The molecule has 1 aliphatic heterocycles. The average Bonchev–Trinajstić information content (AvgIpc) is 3.15. The molecule has 2 heterocycles. The standard InChI is InChI=1S/C27H24N6O6/c1-13-14(2)29-26(30-16(4)34)24(25(28)36)23(13)21-12-17(5-10-22(21)35)11-20-15(3)31-32(27(20)37)18-6-8-19(9-7-18)33(38)39/h5-12,35H,1-4H3,(H2,28,36)(H,29,30,34)/b20-11-. The Kier molecular flexibility index (Phi) is 6.95. The highest BCUT2D eigenvalue weighted by Crippen LogP contribution is 2.39. The number of nitrogens with zero attached hydrogens (tertiary/aromatic N) is 4. The summed E-state index contributed by atoms with van der Waals surface area (Å²) in [7, 11) is 0. The molecule has 1 aromatic heterocycles. The molecule has 12 heteroatoms. The van der Waals surface area contributed by atoms with Crippen LogP contribution in [0.15, 0.2) is 53.1 Å². The van der Waals surface area contributed by atoms with E-state index in [1.165, 1.54) is 37.3 Å². The van der Waals surface area contributed by atoms with E-state index >= 15 is 0 Å². The van der Waals surface area contributed by atoms with E-state index < -0.39 is 22.6 Å². The largest absolute Gasteiger partial charge is 0.507 e. The zero-order valence-corrected chi connectivity index (χ0v) is 21.5. The number of carbonyl (C=O) groups is 3. The van der Waals surface area contributed by atoms with Gasteiger partial charge in [0.1, 0.15) is 11.6 Å². The number of hydrogen-bond acceptors (Lipinski definition) is 8. The first-order valence-corrected chi connectivity index (χ1v) is 11.7. The number of nitro benzene ring substituents is 1. The van der Waals surface area contributed by atoms with E-state index in [-0.39, 0.29) is 34.0 Å². The van der Waals surface area contributed by atoms with Crippen molar-refractivity contribution in [2.45, 2.75) is 27.7 Å². The van der Waals surface area contributed by atoms with Crippen molar-refractivity contribution in [1.82, 2.24) is 4.98 Å². The number of anilines is 2. The van der Waals surface area contributed by atoms with Crippen LogP contribution >= 0.6 is 0 Å². The molecule has 3 aromatic rings. The molecular formula is C27H24N6O6. The molecule has 39 heavy (non-hydrogen) atoms. The first kappa shape index (κ1) is 26.7. The topological polar surface area (TPSA) is 181 Å². The third kappa shape index (κ3) is 5.07. The Morgan fingerprint density at radius 3 is 2.38 bits per heavy atom. The molecule has 12 nitrogen and oxygen atoms in total. The number of carbonyl (C=O) groups excluding carboxylic acids is 3. The minimum Gasteiger partial charge on any atom is -0.507 e. The maximum absolute atomic E-state index is 13.2. The van der Waals surface area contributed by atoms with Crippen LogP contribution in [0.5, 0.6) is 5.75 Å². The van der Waals surface area contributed by atoms with Gasteiger partial charge in [-0.3, -0.25) is 24.5 Å². The Hall–Kier alpha value is -5.39. The predicted molar refractivity (Wildman–Crippen MR) is 145 cm³/mol. The van der Waals surface area contributed by atoms with Crippen LogP contribution in [-0.2, 0) is 9.59 Å². The second-order valence-electron chi connectivity index (χ2n) is 8.88. The first-order chi connectivity index (χ1) is 18.4. The van der Waals surface area contributed by atoms with Gasteiger partial charge in [-0.15, -0.1) is 0 Å². The summed E-state index contributed by atoms with van der Waals surface area (Å²) in [6.45, 7) is 6.33. The number of aryl methyl sites for hydroxylation is 1. The number of rotatable bonds is 6. The van der Waals surface area contributed by atoms with Crippen LogP contribution in [0, 0.1) is 24.0 Å². The fraction of sp³-hybridized carbons (Fsp3) is 0.148. The van der Waals surface area contributed by atoms with Crippen LogP contribution < -0.4 is 16.1 Å². The van der Waals surface area contributed by atoms with Crippen molar-refractivity contribution in [2.24, 2.45) is 10.8 Å². The second kappa shape index (κ2) is 10.2. The smallest absolute Gasteiger partial charge is 0.280 e. The van der Waals surface area contributed by atoms with Gasteiger partial charge in [0.05, 0.1) is 27.5 Å². The van der Waals surface area contributed by atoms with Gasteiger partial charge < -0.3 is 16.2 Å². The van der Waals surface area contributed by atoms with Crippen molar-refractivity contribution in [3.8, 4) is 16.9 Å². The molecule has 0 spiro atoms. The highest BCUT2D eigenvalue weighted by molar-refractivity contribution is 6.32. The molecule has 0 saturated carbocycles. The van der Waals surface area contributed by atoms with Crippen molar-refractivity contribution < 1.29 is 24.4 Å². The summed E-state index contributed by atoms with van der Waals surface area (Å²) in [6.07, 6.45) is 1.58. The molecule has 0 bridgehead atoms. The number of primary amides is 1. The number of amides is 3. The number of hydrazone groups is 1. The number of phenolic OH excluding ortho intramolecular Hbond substituents is 1. The third-order valence-electron chi connectivity index (χ3n) is 6.19. The summed E-state index contributed by atoms with van der Waals surface area (Å²) < 4.78 is 0. The van der Waals surface area contributed by atoms with Gasteiger partial charge in [0.2, 0.25) is 5.91 Å². The lowest BCUT2D eigenvalue weighted by Crippen LogP contribution is -2.21. The zero-order chi connectivity index (χ0) is 28.6. The van der Waals surface area contributed by atoms with E-state index in [4.69, 9.17) is 5.73 Å². The van der Waals surface area contributed by atoms with Gasteiger partial charge in [0, 0.05) is 35.9 Å². The maximum atomic E-state index is 13.2. The normalized spacial score (nSPS) is 13.9. The molecule has 2 aromatic carbocycles. The van der Waals surface area contributed by atoms with Crippen molar-refractivity contribution in [1.29, 1.82) is 0 Å². The summed E-state index contributed by atoms with van der Waals surface area (Å²) in [5.74, 6) is -1.92. The van der Waals surface area contributed by atoms with E-state index in [0.29, 0.717) is 33.8 Å². The first-order valence-electron chi connectivity index (χ1n) is 11.7. The van der Waals surface area contributed by atoms with E-state index in [0.717, 1.165) is 5.01 Å². The number of nitrogens with one attached hydrogen (secondary N) is 1. The van der Waals surface area contributed by atoms with Crippen molar-refractivity contribution >= 4 is 46.7 Å². The number of nitro groups is 1. The summed E-state index contributed by atoms with van der Waals surface area (Å²) in [5.41, 5.74) is 8.67. The summed E-state index contributed by atoms with van der Waals surface area (Å²) in [5, 5.41) is 29.7. The maximum Gasteiger partial charge on any atom is 0.280 e. The molecule has 0 radical (unpaired) electrons. The molecule has 1 aliphatic rings. The quantitative estimate of drug-likeness (QED) is 0.247. The van der Waals surface area contributed by atoms with Crippen LogP contribution in [0.25, 0.3) is 17.2 Å². The Labute approximate surface area is 222 Å². The number of pyridine rings is 1. The highest BCUT2D eigenvalue weighted by Gasteiger charge is 2.29. The number of hydrogen-bond donors (Lipinski definition) is 3. The van der Waals surface area contributed by atoms with E-state index in [2.05, 4.69) is 15.4 Å². The molecule has 0 aliphatic carbocycles. The van der Waals surface area contributed by atoms with Gasteiger partial charge in [-0.25, -0.2) is 4.98 Å². The molecular weight excluding hydrogens is 504 g/mol. The molecule has 0 saturated heterocycles. The van der Waals surface area contributed by atoms with Gasteiger partial charge >= 0.3 is 0 Å². The van der Waals surface area contributed by atoms with Crippen LogP contribution in [-0.4, -0.2) is 38.4 Å². The lowest BCUT2D eigenvalue weighted by atomic mass is 9.92. The average molecular weight is 529 g/mol. The van der Waals surface area contributed by atoms with Gasteiger partial charge in [0.25, 0.3) is 17.5 Å². The minimum atomic E-state index is -0.847. The third-order valence-corrected chi connectivity index (χ3v) is 6.19. The molecule has 0 atom stereocenters. The molecule has 4 rings (SSSR count). The van der Waals surface area contributed by atoms with Crippen LogP contribution in [0.4, 0.5) is 17.2 Å². The Balaban J connectivity index is 1.79. The predicted octanol–water partition coefficient (Wildman–Crippen LogP) is 3.84. The monoisotopic (exact) mass is 528 g/mol. The number of phenols is 1. The zero-order valence-electron chi connectivity index (χ0n) is 21.5. The fourth-order valence-electron chi connectivity index (χ4n) is 4.21. The minimum absolute atomic E-state index is 0.0241. The van der Waals surface area contributed by atoms with Crippen LogP contribution in [0.1, 0.15) is 41.0 Å². The Morgan fingerprint density at radius 2 is 1.79 bits per heavy atom. The van der Waals surface area contributed by atoms with E-state index in [1.807, 2.05) is 0 Å². The number of aromatic nitrogens is 1. The van der Waals surface area contributed by atoms with E-state index in [9.17, 15) is 29.6 Å². The Bertz CT molecular complexity index is 1620.